The minimum atomic E-state index is -0.294. The predicted octanol–water partition coefficient (Wildman–Crippen LogP) is 4.24. The maximum absolute atomic E-state index is 11.7. The molecular formula is C16H16BrNO2. The summed E-state index contributed by atoms with van der Waals surface area (Å²) >= 11 is 3.51. The van der Waals surface area contributed by atoms with E-state index in [4.69, 9.17) is 4.74 Å². The van der Waals surface area contributed by atoms with E-state index in [-0.39, 0.29) is 5.97 Å². The van der Waals surface area contributed by atoms with Gasteiger partial charge in [-0.1, -0.05) is 40.2 Å². The van der Waals surface area contributed by atoms with Gasteiger partial charge >= 0.3 is 5.97 Å². The molecule has 20 heavy (non-hydrogen) atoms. The summed E-state index contributed by atoms with van der Waals surface area (Å²) in [6.07, 6.45) is 0. The zero-order valence-electron chi connectivity index (χ0n) is 11.2. The summed E-state index contributed by atoms with van der Waals surface area (Å²) in [5, 5.41) is 3.30. The summed E-state index contributed by atoms with van der Waals surface area (Å²) in [5.41, 5.74) is 2.62. The zero-order chi connectivity index (χ0) is 14.4. The number of rotatable bonds is 5. The van der Waals surface area contributed by atoms with Crippen molar-refractivity contribution in [3.63, 3.8) is 0 Å². The van der Waals surface area contributed by atoms with Gasteiger partial charge in [-0.2, -0.15) is 0 Å². The van der Waals surface area contributed by atoms with Gasteiger partial charge in [-0.3, -0.25) is 0 Å². The highest BCUT2D eigenvalue weighted by Gasteiger charge is 2.06. The van der Waals surface area contributed by atoms with Crippen LogP contribution in [0.3, 0.4) is 0 Å². The standard InChI is InChI=1S/C16H16BrNO2/c1-2-20-16(19)12-7-5-8-14(10-12)18-11-13-6-3-4-9-15(13)17/h3-10,18H,2,11H2,1H3. The second-order valence-electron chi connectivity index (χ2n) is 4.25. The highest BCUT2D eigenvalue weighted by atomic mass is 79.9. The Bertz CT molecular complexity index is 599. The molecule has 0 unspecified atom stereocenters. The number of ether oxygens (including phenoxy) is 1. The highest BCUT2D eigenvalue weighted by Crippen LogP contribution is 2.18. The molecule has 2 aromatic rings. The van der Waals surface area contributed by atoms with E-state index in [0.717, 1.165) is 15.7 Å². The van der Waals surface area contributed by atoms with Crippen molar-refractivity contribution in [2.45, 2.75) is 13.5 Å². The average Bonchev–Trinajstić information content (AvgIpc) is 2.47. The van der Waals surface area contributed by atoms with Gasteiger partial charge in [0.05, 0.1) is 12.2 Å². The first-order valence-electron chi connectivity index (χ1n) is 6.45. The Morgan fingerprint density at radius 3 is 2.75 bits per heavy atom. The molecule has 0 aliphatic heterocycles. The number of hydrogen-bond acceptors (Lipinski definition) is 3. The SMILES string of the molecule is CCOC(=O)c1cccc(NCc2ccccc2Br)c1. The number of esters is 1. The van der Waals surface area contributed by atoms with Crippen molar-refractivity contribution in [1.29, 1.82) is 0 Å². The monoisotopic (exact) mass is 333 g/mol. The molecule has 0 fully saturated rings. The number of carbonyl (C=O) groups is 1. The van der Waals surface area contributed by atoms with E-state index < -0.39 is 0 Å². The molecule has 2 aromatic carbocycles. The van der Waals surface area contributed by atoms with Crippen molar-refractivity contribution < 1.29 is 9.53 Å². The van der Waals surface area contributed by atoms with Crippen LogP contribution in [0.5, 0.6) is 0 Å². The summed E-state index contributed by atoms with van der Waals surface area (Å²) in [7, 11) is 0. The van der Waals surface area contributed by atoms with Crippen LogP contribution in [0.15, 0.2) is 53.0 Å². The minimum absolute atomic E-state index is 0.294. The topological polar surface area (TPSA) is 38.3 Å². The minimum Gasteiger partial charge on any atom is -0.462 e. The summed E-state index contributed by atoms with van der Waals surface area (Å²) in [6, 6.07) is 15.4. The maximum atomic E-state index is 11.7. The molecule has 0 aliphatic rings. The smallest absolute Gasteiger partial charge is 0.338 e. The van der Waals surface area contributed by atoms with E-state index >= 15 is 0 Å². The summed E-state index contributed by atoms with van der Waals surface area (Å²) in [6.45, 7) is 2.87. The maximum Gasteiger partial charge on any atom is 0.338 e. The molecule has 104 valence electrons. The van der Waals surface area contributed by atoms with Gasteiger partial charge in [0.15, 0.2) is 0 Å². The number of benzene rings is 2. The predicted molar refractivity (Wildman–Crippen MR) is 83.9 cm³/mol. The Morgan fingerprint density at radius 1 is 1.20 bits per heavy atom. The molecule has 4 heteroatoms. The number of nitrogens with one attached hydrogen (secondary N) is 1. The lowest BCUT2D eigenvalue weighted by molar-refractivity contribution is 0.0526. The second kappa shape index (κ2) is 7.10. The molecule has 3 nitrogen and oxygen atoms in total. The van der Waals surface area contributed by atoms with E-state index in [1.165, 1.54) is 0 Å². The molecule has 0 amide bonds. The number of anilines is 1. The molecule has 0 atom stereocenters. The van der Waals surface area contributed by atoms with Gasteiger partial charge in [0.25, 0.3) is 0 Å². The van der Waals surface area contributed by atoms with Crippen molar-refractivity contribution in [3.05, 3.63) is 64.1 Å². The molecule has 1 N–H and O–H groups in total. The van der Waals surface area contributed by atoms with Crippen LogP contribution in [0.1, 0.15) is 22.8 Å². The van der Waals surface area contributed by atoms with E-state index in [9.17, 15) is 4.79 Å². The first-order chi connectivity index (χ1) is 9.70. The third-order valence-corrected chi connectivity index (χ3v) is 3.59. The lowest BCUT2D eigenvalue weighted by atomic mass is 10.2. The molecule has 0 spiro atoms. The van der Waals surface area contributed by atoms with E-state index in [0.29, 0.717) is 18.7 Å². The molecule has 0 bridgehead atoms. The summed E-state index contributed by atoms with van der Waals surface area (Å²) < 4.78 is 6.05. The fraction of sp³-hybridized carbons (Fsp3) is 0.188. The van der Waals surface area contributed by atoms with Gasteiger partial charge in [-0.25, -0.2) is 4.79 Å². The van der Waals surface area contributed by atoms with E-state index in [1.54, 1.807) is 19.1 Å². The van der Waals surface area contributed by atoms with Crippen LogP contribution in [-0.2, 0) is 11.3 Å². The van der Waals surface area contributed by atoms with Crippen LogP contribution in [-0.4, -0.2) is 12.6 Å². The first kappa shape index (κ1) is 14.6. The number of halogens is 1. The Kier molecular flexibility index (Phi) is 5.18. The number of hydrogen-bond donors (Lipinski definition) is 1. The molecule has 0 aliphatic carbocycles. The lowest BCUT2D eigenvalue weighted by Gasteiger charge is -2.09. The van der Waals surface area contributed by atoms with E-state index in [2.05, 4.69) is 21.2 Å². The first-order valence-corrected chi connectivity index (χ1v) is 7.24. The Balaban J connectivity index is 2.05. The molecule has 0 heterocycles. The fourth-order valence-electron chi connectivity index (χ4n) is 1.81. The van der Waals surface area contributed by atoms with Crippen LogP contribution in [0.4, 0.5) is 5.69 Å². The van der Waals surface area contributed by atoms with Crippen molar-refractivity contribution in [1.82, 2.24) is 0 Å². The summed E-state index contributed by atoms with van der Waals surface area (Å²) in [5.74, 6) is -0.294. The Hall–Kier alpha value is -1.81. The number of carbonyl (C=O) groups excluding carboxylic acids is 1. The van der Waals surface area contributed by atoms with Gasteiger partial charge in [0, 0.05) is 16.7 Å². The Labute approximate surface area is 127 Å². The van der Waals surface area contributed by atoms with Crippen LogP contribution >= 0.6 is 15.9 Å². The van der Waals surface area contributed by atoms with Gasteiger partial charge in [0.1, 0.15) is 0 Å². The van der Waals surface area contributed by atoms with Gasteiger partial charge in [-0.05, 0) is 36.8 Å². The zero-order valence-corrected chi connectivity index (χ0v) is 12.8. The molecular weight excluding hydrogens is 318 g/mol. The normalized spacial score (nSPS) is 10.1. The second-order valence-corrected chi connectivity index (χ2v) is 5.10. The highest BCUT2D eigenvalue weighted by molar-refractivity contribution is 9.10. The molecule has 0 aromatic heterocycles. The van der Waals surface area contributed by atoms with Gasteiger partial charge < -0.3 is 10.1 Å². The van der Waals surface area contributed by atoms with E-state index in [1.807, 2.05) is 36.4 Å². The van der Waals surface area contributed by atoms with Crippen molar-refractivity contribution >= 4 is 27.6 Å². The van der Waals surface area contributed by atoms with Gasteiger partial charge in [0.2, 0.25) is 0 Å². The molecule has 0 radical (unpaired) electrons. The third kappa shape index (κ3) is 3.84. The molecule has 0 saturated carbocycles. The van der Waals surface area contributed by atoms with Crippen LogP contribution in [0.2, 0.25) is 0 Å². The quantitative estimate of drug-likeness (QED) is 0.832. The molecule has 0 saturated heterocycles. The van der Waals surface area contributed by atoms with Gasteiger partial charge in [-0.15, -0.1) is 0 Å². The Morgan fingerprint density at radius 2 is 2.00 bits per heavy atom. The average molecular weight is 334 g/mol. The fourth-order valence-corrected chi connectivity index (χ4v) is 2.23. The van der Waals surface area contributed by atoms with Crippen LogP contribution in [0.25, 0.3) is 0 Å². The summed E-state index contributed by atoms with van der Waals surface area (Å²) in [4.78, 5) is 11.7. The largest absolute Gasteiger partial charge is 0.462 e. The van der Waals surface area contributed by atoms with Crippen LogP contribution in [0, 0.1) is 0 Å². The van der Waals surface area contributed by atoms with Crippen molar-refractivity contribution in [3.8, 4) is 0 Å². The van der Waals surface area contributed by atoms with Crippen LogP contribution < -0.4 is 5.32 Å². The van der Waals surface area contributed by atoms with Crippen molar-refractivity contribution in [2.24, 2.45) is 0 Å². The lowest BCUT2D eigenvalue weighted by Crippen LogP contribution is -2.06. The third-order valence-electron chi connectivity index (χ3n) is 2.81. The van der Waals surface area contributed by atoms with Crippen molar-refractivity contribution in [2.75, 3.05) is 11.9 Å². The molecule has 2 rings (SSSR count).